The molecule has 1 unspecified atom stereocenters. The smallest absolute Gasteiger partial charge is 0.160 e. The highest BCUT2D eigenvalue weighted by Crippen LogP contribution is 2.46. The minimum Gasteiger partial charge on any atom is -0.228 e. The van der Waals surface area contributed by atoms with Crippen molar-refractivity contribution in [2.45, 2.75) is 18.8 Å². The fraction of sp³-hybridized carbons (Fsp3) is 0.0492. The Hall–Kier alpha value is -7.94. The molecule has 12 rings (SSSR count). The summed E-state index contributed by atoms with van der Waals surface area (Å²) in [6, 6.07) is 81.7. The van der Waals surface area contributed by atoms with Gasteiger partial charge in [0, 0.05) is 22.6 Å². The molecule has 1 heterocycles. The van der Waals surface area contributed by atoms with Crippen molar-refractivity contribution in [1.82, 2.24) is 9.97 Å². The van der Waals surface area contributed by atoms with Crippen molar-refractivity contribution in [3.63, 3.8) is 0 Å². The molecule has 0 aliphatic heterocycles. The minimum atomic E-state index is 0.287. The van der Waals surface area contributed by atoms with Crippen molar-refractivity contribution < 1.29 is 0 Å². The predicted molar refractivity (Wildman–Crippen MR) is 264 cm³/mol. The lowest BCUT2D eigenvalue weighted by molar-refractivity contribution is 0.726. The predicted octanol–water partition coefficient (Wildman–Crippen LogP) is 16.0. The molecule has 0 bridgehead atoms. The molecule has 0 saturated carbocycles. The van der Waals surface area contributed by atoms with Crippen LogP contribution in [0.25, 0.3) is 99.6 Å². The third-order valence-corrected chi connectivity index (χ3v) is 13.2. The number of hydrogen-bond acceptors (Lipinski definition) is 2. The van der Waals surface area contributed by atoms with E-state index < -0.39 is 0 Å². The number of aryl methyl sites for hydroxylation is 1. The van der Waals surface area contributed by atoms with Crippen LogP contribution >= 0.6 is 0 Å². The summed E-state index contributed by atoms with van der Waals surface area (Å²) < 4.78 is 0. The van der Waals surface area contributed by atoms with Gasteiger partial charge in [-0.05, 0) is 113 Å². The van der Waals surface area contributed by atoms with Gasteiger partial charge in [0.15, 0.2) is 5.82 Å². The first kappa shape index (κ1) is 36.9. The molecule has 1 aliphatic rings. The Balaban J connectivity index is 1.05. The molecule has 11 aromatic rings. The average Bonchev–Trinajstić information content (AvgIpc) is 3.53. The second kappa shape index (κ2) is 15.5. The van der Waals surface area contributed by atoms with Gasteiger partial charge in [-0.1, -0.05) is 206 Å². The lowest BCUT2D eigenvalue weighted by atomic mass is 9.83. The summed E-state index contributed by atoms with van der Waals surface area (Å²) in [7, 11) is 0. The van der Waals surface area contributed by atoms with Crippen molar-refractivity contribution in [1.29, 1.82) is 0 Å². The summed E-state index contributed by atoms with van der Waals surface area (Å²) in [5, 5.41) is 7.34. The third kappa shape index (κ3) is 6.59. The molecule has 10 aromatic carbocycles. The van der Waals surface area contributed by atoms with Crippen LogP contribution in [0.15, 0.2) is 224 Å². The van der Waals surface area contributed by atoms with E-state index >= 15 is 0 Å². The van der Waals surface area contributed by atoms with Gasteiger partial charge in [-0.25, -0.2) is 9.97 Å². The molecule has 296 valence electrons. The molecular weight excluding hydrogens is 761 g/mol. The normalized spacial score (nSPS) is 13.4. The van der Waals surface area contributed by atoms with Crippen molar-refractivity contribution >= 4 is 32.3 Å². The molecule has 0 N–H and O–H groups in total. The lowest BCUT2D eigenvalue weighted by Gasteiger charge is -2.20. The quantitative estimate of drug-likeness (QED) is 0.157. The first-order valence-corrected chi connectivity index (χ1v) is 22.0. The highest BCUT2D eigenvalue weighted by molar-refractivity contribution is 6.28. The van der Waals surface area contributed by atoms with Gasteiger partial charge in [0.1, 0.15) is 0 Å². The first-order valence-electron chi connectivity index (χ1n) is 22.0. The summed E-state index contributed by atoms with van der Waals surface area (Å²) in [5.41, 5.74) is 16.7. The van der Waals surface area contributed by atoms with Crippen molar-refractivity contribution in [3.8, 4) is 67.3 Å². The Bertz CT molecular complexity index is 3430. The summed E-state index contributed by atoms with van der Waals surface area (Å²) in [6.45, 7) is 0. The molecule has 0 amide bonds. The summed E-state index contributed by atoms with van der Waals surface area (Å²) in [5.74, 6) is 1.00. The Morgan fingerprint density at radius 2 is 0.889 bits per heavy atom. The molecule has 1 atom stereocenters. The van der Waals surface area contributed by atoms with Gasteiger partial charge in [-0.2, -0.15) is 0 Å². The van der Waals surface area contributed by atoms with E-state index in [2.05, 4.69) is 218 Å². The molecular formula is C61H42N2. The van der Waals surface area contributed by atoms with E-state index in [9.17, 15) is 0 Å². The highest BCUT2D eigenvalue weighted by atomic mass is 14.9. The first-order chi connectivity index (χ1) is 31.2. The van der Waals surface area contributed by atoms with Crippen LogP contribution in [0.5, 0.6) is 0 Å². The molecule has 63 heavy (non-hydrogen) atoms. The molecule has 2 nitrogen and oxygen atoms in total. The molecule has 0 fully saturated rings. The zero-order valence-electron chi connectivity index (χ0n) is 34.7. The highest BCUT2D eigenvalue weighted by Gasteiger charge is 2.25. The summed E-state index contributed by atoms with van der Waals surface area (Å²) in [6.07, 6.45) is 2.09. The van der Waals surface area contributed by atoms with E-state index in [4.69, 9.17) is 9.97 Å². The van der Waals surface area contributed by atoms with Gasteiger partial charge in [0.25, 0.3) is 0 Å². The second-order valence-corrected chi connectivity index (χ2v) is 16.8. The van der Waals surface area contributed by atoms with Crippen LogP contribution in [0.3, 0.4) is 0 Å². The standard InChI is InChI=1S/C61H42N2/c1-4-15-40(16-5-1)41-27-29-43(30-28-41)49-34-31-42-17-10-11-22-48(42)56-37-46(32-35-52(49)56)47-33-36-53-50-23-12-13-24-51(50)54-25-14-26-55(60(54)57(53)38-47)59-39-58(44-18-6-2-7-19-44)62-61(63-59)45-20-8-3-9-21-45/h1-30,32-33,35-39,49H,31,34H2. The van der Waals surface area contributed by atoms with E-state index in [1.165, 1.54) is 82.4 Å². The monoisotopic (exact) mass is 802 g/mol. The maximum atomic E-state index is 5.34. The lowest BCUT2D eigenvalue weighted by Crippen LogP contribution is -2.02. The Kier molecular flexibility index (Phi) is 9.08. The number of aromatic nitrogens is 2. The maximum absolute atomic E-state index is 5.34. The molecule has 0 spiro atoms. The van der Waals surface area contributed by atoms with Crippen LogP contribution in [0, 0.1) is 0 Å². The largest absolute Gasteiger partial charge is 0.228 e. The molecule has 1 aromatic heterocycles. The number of hydrogen-bond donors (Lipinski definition) is 0. The molecule has 0 radical (unpaired) electrons. The topological polar surface area (TPSA) is 25.8 Å². The molecule has 1 aliphatic carbocycles. The minimum absolute atomic E-state index is 0.287. The molecule has 0 saturated heterocycles. The SMILES string of the molecule is c1ccc(-c2ccc(C3CCc4ccccc4-c4cc(-c5ccc6c7ccccc7c7cccc(-c8cc(-c9ccccc9)nc(-c9ccccc9)n8)c7c6c5)ccc43)cc2)cc1. The van der Waals surface area contributed by atoms with Crippen molar-refractivity contribution in [2.24, 2.45) is 0 Å². The van der Waals surface area contributed by atoms with Crippen molar-refractivity contribution in [2.75, 3.05) is 0 Å². The van der Waals surface area contributed by atoms with E-state index in [1.54, 1.807) is 0 Å². The number of rotatable bonds is 6. The number of benzene rings is 10. The van der Waals surface area contributed by atoms with E-state index in [0.29, 0.717) is 5.82 Å². The Labute approximate surface area is 367 Å². The zero-order valence-corrected chi connectivity index (χ0v) is 34.7. The maximum Gasteiger partial charge on any atom is 0.160 e. The zero-order chi connectivity index (χ0) is 41.7. The Morgan fingerprint density at radius 3 is 1.67 bits per heavy atom. The average molecular weight is 803 g/mol. The van der Waals surface area contributed by atoms with E-state index in [0.717, 1.165) is 40.9 Å². The van der Waals surface area contributed by atoms with Gasteiger partial charge < -0.3 is 0 Å². The van der Waals surface area contributed by atoms with Gasteiger partial charge in [-0.3, -0.25) is 0 Å². The van der Waals surface area contributed by atoms with Crippen LogP contribution in [0.2, 0.25) is 0 Å². The van der Waals surface area contributed by atoms with Crippen LogP contribution in [-0.2, 0) is 6.42 Å². The summed E-state index contributed by atoms with van der Waals surface area (Å²) in [4.78, 5) is 10.5. The number of nitrogens with zero attached hydrogens (tertiary/aromatic N) is 2. The van der Waals surface area contributed by atoms with Gasteiger partial charge in [-0.15, -0.1) is 0 Å². The van der Waals surface area contributed by atoms with Gasteiger partial charge >= 0.3 is 0 Å². The number of fused-ring (bicyclic) bond motifs is 9. The van der Waals surface area contributed by atoms with Crippen molar-refractivity contribution in [3.05, 3.63) is 241 Å². The van der Waals surface area contributed by atoms with Gasteiger partial charge in [0.05, 0.1) is 11.4 Å². The fourth-order valence-corrected chi connectivity index (χ4v) is 10.1. The van der Waals surface area contributed by atoms with E-state index in [1.807, 2.05) is 6.07 Å². The fourth-order valence-electron chi connectivity index (χ4n) is 10.1. The van der Waals surface area contributed by atoms with Crippen LogP contribution in [0.1, 0.15) is 29.0 Å². The third-order valence-electron chi connectivity index (χ3n) is 13.2. The van der Waals surface area contributed by atoms with Crippen LogP contribution in [0.4, 0.5) is 0 Å². The Morgan fingerprint density at radius 1 is 0.333 bits per heavy atom. The summed E-state index contributed by atoms with van der Waals surface area (Å²) >= 11 is 0. The molecule has 2 heteroatoms. The van der Waals surface area contributed by atoms with Crippen LogP contribution in [-0.4, -0.2) is 9.97 Å². The second-order valence-electron chi connectivity index (χ2n) is 16.8. The van der Waals surface area contributed by atoms with E-state index in [-0.39, 0.29) is 5.92 Å². The van der Waals surface area contributed by atoms with Crippen LogP contribution < -0.4 is 0 Å². The van der Waals surface area contributed by atoms with Gasteiger partial charge in [0.2, 0.25) is 0 Å².